The molecule has 0 radical (unpaired) electrons. The normalized spacial score (nSPS) is 19.7. The Balaban J connectivity index is 2.51. The van der Waals surface area contributed by atoms with Gasteiger partial charge in [0.2, 0.25) is 0 Å². The molecule has 1 fully saturated rings. The van der Waals surface area contributed by atoms with E-state index >= 15 is 0 Å². The minimum Gasteiger partial charge on any atom is -0.465 e. The van der Waals surface area contributed by atoms with Gasteiger partial charge in [0.15, 0.2) is 0 Å². The average molecular weight is 213 g/mol. The van der Waals surface area contributed by atoms with Crippen LogP contribution in [-0.2, 0) is 9.53 Å². The summed E-state index contributed by atoms with van der Waals surface area (Å²) in [7, 11) is 0. The number of esters is 1. The van der Waals surface area contributed by atoms with Crippen molar-refractivity contribution < 1.29 is 9.53 Å². The summed E-state index contributed by atoms with van der Waals surface area (Å²) >= 11 is 0. The summed E-state index contributed by atoms with van der Waals surface area (Å²) in [5.41, 5.74) is -0.465. The smallest absolute Gasteiger partial charge is 0.326 e. The van der Waals surface area contributed by atoms with Gasteiger partial charge in [0, 0.05) is 0 Å². The lowest BCUT2D eigenvalue weighted by Crippen LogP contribution is -2.51. The quantitative estimate of drug-likeness (QED) is 0.658. The number of hydrogen-bond acceptors (Lipinski definition) is 3. The molecule has 1 rings (SSSR count). The lowest BCUT2D eigenvalue weighted by atomic mass is 9.94. The molecule has 88 valence electrons. The van der Waals surface area contributed by atoms with Crippen molar-refractivity contribution in [2.24, 2.45) is 5.92 Å². The third kappa shape index (κ3) is 3.82. The monoisotopic (exact) mass is 213 g/mol. The molecular formula is C12H23NO2. The Morgan fingerprint density at radius 1 is 1.47 bits per heavy atom. The summed E-state index contributed by atoms with van der Waals surface area (Å²) in [6.07, 6.45) is 4.50. The SMILES string of the molecule is CCCNC(C)(CC1CC1)C(=O)OCC. The van der Waals surface area contributed by atoms with Gasteiger partial charge in [-0.25, -0.2) is 0 Å². The molecule has 1 N–H and O–H groups in total. The fourth-order valence-electron chi connectivity index (χ4n) is 1.82. The molecule has 0 aromatic heterocycles. The molecule has 1 saturated carbocycles. The van der Waals surface area contributed by atoms with Gasteiger partial charge in [-0.05, 0) is 39.2 Å². The van der Waals surface area contributed by atoms with Crippen molar-refractivity contribution in [1.29, 1.82) is 0 Å². The van der Waals surface area contributed by atoms with Gasteiger partial charge < -0.3 is 10.1 Å². The Morgan fingerprint density at radius 3 is 2.60 bits per heavy atom. The van der Waals surface area contributed by atoms with Crippen LogP contribution >= 0.6 is 0 Å². The van der Waals surface area contributed by atoms with Crippen LogP contribution in [0, 0.1) is 5.92 Å². The second-order valence-electron chi connectivity index (χ2n) is 4.63. The maximum atomic E-state index is 11.8. The highest BCUT2D eigenvalue weighted by atomic mass is 16.5. The Morgan fingerprint density at radius 2 is 2.13 bits per heavy atom. The van der Waals surface area contributed by atoms with Crippen molar-refractivity contribution in [2.45, 2.75) is 52.0 Å². The first-order valence-corrected chi connectivity index (χ1v) is 6.04. The molecule has 0 heterocycles. The van der Waals surface area contributed by atoms with Gasteiger partial charge >= 0.3 is 5.97 Å². The first-order chi connectivity index (χ1) is 7.12. The van der Waals surface area contributed by atoms with Crippen LogP contribution in [0.25, 0.3) is 0 Å². The van der Waals surface area contributed by atoms with E-state index in [2.05, 4.69) is 12.2 Å². The molecule has 0 bridgehead atoms. The van der Waals surface area contributed by atoms with Crippen molar-refractivity contribution in [1.82, 2.24) is 5.32 Å². The fourth-order valence-corrected chi connectivity index (χ4v) is 1.82. The second-order valence-corrected chi connectivity index (χ2v) is 4.63. The molecular weight excluding hydrogens is 190 g/mol. The van der Waals surface area contributed by atoms with Crippen LogP contribution in [0.5, 0.6) is 0 Å². The fraction of sp³-hybridized carbons (Fsp3) is 0.917. The number of nitrogens with one attached hydrogen (secondary N) is 1. The van der Waals surface area contributed by atoms with Crippen LogP contribution in [0.3, 0.4) is 0 Å². The Labute approximate surface area is 92.6 Å². The minimum atomic E-state index is -0.465. The van der Waals surface area contributed by atoms with Gasteiger partial charge in [-0.15, -0.1) is 0 Å². The summed E-state index contributed by atoms with van der Waals surface area (Å²) in [5, 5.41) is 3.33. The van der Waals surface area contributed by atoms with E-state index in [9.17, 15) is 4.79 Å². The highest BCUT2D eigenvalue weighted by Gasteiger charge is 2.39. The minimum absolute atomic E-state index is 0.0923. The molecule has 0 aliphatic heterocycles. The molecule has 1 aliphatic rings. The molecule has 1 unspecified atom stereocenters. The summed E-state index contributed by atoms with van der Waals surface area (Å²) in [4.78, 5) is 11.8. The summed E-state index contributed by atoms with van der Waals surface area (Å²) < 4.78 is 5.13. The average Bonchev–Trinajstić information content (AvgIpc) is 2.99. The summed E-state index contributed by atoms with van der Waals surface area (Å²) in [6.45, 7) is 7.28. The van der Waals surface area contributed by atoms with Crippen LogP contribution in [-0.4, -0.2) is 24.7 Å². The zero-order valence-electron chi connectivity index (χ0n) is 10.1. The Bertz CT molecular complexity index is 214. The van der Waals surface area contributed by atoms with Gasteiger partial charge in [0.25, 0.3) is 0 Å². The molecule has 1 atom stereocenters. The standard InChI is InChI=1S/C12H23NO2/c1-4-8-13-12(3,9-10-6-7-10)11(14)15-5-2/h10,13H,4-9H2,1-3H3. The van der Waals surface area contributed by atoms with Crippen molar-refractivity contribution in [3.05, 3.63) is 0 Å². The van der Waals surface area contributed by atoms with Gasteiger partial charge in [-0.3, -0.25) is 4.79 Å². The Kier molecular flexibility index (Phi) is 4.58. The van der Waals surface area contributed by atoms with Crippen molar-refractivity contribution in [3.63, 3.8) is 0 Å². The van der Waals surface area contributed by atoms with Crippen molar-refractivity contribution >= 4 is 5.97 Å². The first-order valence-electron chi connectivity index (χ1n) is 6.04. The lowest BCUT2D eigenvalue weighted by molar-refractivity contribution is -0.151. The second kappa shape index (κ2) is 5.50. The third-order valence-corrected chi connectivity index (χ3v) is 2.88. The molecule has 1 aliphatic carbocycles. The van der Waals surface area contributed by atoms with Crippen LogP contribution in [0.1, 0.15) is 46.5 Å². The predicted octanol–water partition coefficient (Wildman–Crippen LogP) is 2.11. The maximum absolute atomic E-state index is 11.8. The van der Waals surface area contributed by atoms with E-state index in [-0.39, 0.29) is 5.97 Å². The topological polar surface area (TPSA) is 38.3 Å². The van der Waals surface area contributed by atoms with Crippen LogP contribution in [0.2, 0.25) is 0 Å². The number of hydrogen-bond donors (Lipinski definition) is 1. The molecule has 0 aromatic carbocycles. The van der Waals surface area contributed by atoms with Gasteiger partial charge in [0.05, 0.1) is 6.61 Å². The highest BCUT2D eigenvalue weighted by Crippen LogP contribution is 2.37. The zero-order valence-corrected chi connectivity index (χ0v) is 10.1. The van der Waals surface area contributed by atoms with E-state index in [4.69, 9.17) is 4.74 Å². The third-order valence-electron chi connectivity index (χ3n) is 2.88. The van der Waals surface area contributed by atoms with E-state index in [1.54, 1.807) is 0 Å². The molecule has 0 saturated heterocycles. The van der Waals surface area contributed by atoms with E-state index < -0.39 is 5.54 Å². The van der Waals surface area contributed by atoms with E-state index in [1.165, 1.54) is 12.8 Å². The van der Waals surface area contributed by atoms with Gasteiger partial charge in [0.1, 0.15) is 5.54 Å². The van der Waals surface area contributed by atoms with E-state index in [0.717, 1.165) is 25.3 Å². The molecule has 3 heteroatoms. The van der Waals surface area contributed by atoms with Gasteiger partial charge in [-0.1, -0.05) is 19.8 Å². The Hall–Kier alpha value is -0.570. The molecule has 0 amide bonds. The number of ether oxygens (including phenoxy) is 1. The molecule has 0 aromatic rings. The van der Waals surface area contributed by atoms with Crippen LogP contribution in [0.15, 0.2) is 0 Å². The van der Waals surface area contributed by atoms with E-state index in [1.807, 2.05) is 13.8 Å². The predicted molar refractivity (Wildman–Crippen MR) is 60.7 cm³/mol. The number of carbonyl (C=O) groups is 1. The highest BCUT2D eigenvalue weighted by molar-refractivity contribution is 5.80. The van der Waals surface area contributed by atoms with Crippen molar-refractivity contribution in [3.8, 4) is 0 Å². The zero-order chi connectivity index (χ0) is 11.3. The molecule has 15 heavy (non-hydrogen) atoms. The molecule has 0 spiro atoms. The largest absolute Gasteiger partial charge is 0.465 e. The molecule has 3 nitrogen and oxygen atoms in total. The number of carbonyl (C=O) groups excluding carboxylic acids is 1. The maximum Gasteiger partial charge on any atom is 0.326 e. The first kappa shape index (κ1) is 12.5. The van der Waals surface area contributed by atoms with Crippen molar-refractivity contribution in [2.75, 3.05) is 13.2 Å². The summed E-state index contributed by atoms with van der Waals surface area (Å²) in [5.74, 6) is 0.633. The van der Waals surface area contributed by atoms with Crippen LogP contribution in [0.4, 0.5) is 0 Å². The summed E-state index contributed by atoms with van der Waals surface area (Å²) in [6, 6.07) is 0. The lowest BCUT2D eigenvalue weighted by Gasteiger charge is -2.28. The van der Waals surface area contributed by atoms with E-state index in [0.29, 0.717) is 6.61 Å². The van der Waals surface area contributed by atoms with Crippen LogP contribution < -0.4 is 5.32 Å². The number of rotatable bonds is 7. The van der Waals surface area contributed by atoms with Gasteiger partial charge in [-0.2, -0.15) is 0 Å².